The van der Waals surface area contributed by atoms with E-state index in [9.17, 15) is 4.79 Å². The second kappa shape index (κ2) is 9.21. The molecule has 3 aromatic heterocycles. The summed E-state index contributed by atoms with van der Waals surface area (Å²) in [6.45, 7) is 8.29. The van der Waals surface area contributed by atoms with Crippen LogP contribution in [0.4, 0.5) is 0 Å². The molecule has 4 heterocycles. The van der Waals surface area contributed by atoms with Crippen LogP contribution < -0.4 is 5.32 Å². The quantitative estimate of drug-likeness (QED) is 0.646. The van der Waals surface area contributed by atoms with Gasteiger partial charge in [-0.1, -0.05) is 13.0 Å². The highest BCUT2D eigenvalue weighted by Gasteiger charge is 2.20. The molecule has 4 rings (SSSR count). The first kappa shape index (κ1) is 20.3. The van der Waals surface area contributed by atoms with Crippen LogP contribution in [0.1, 0.15) is 52.9 Å². The van der Waals surface area contributed by atoms with E-state index in [1.807, 2.05) is 13.0 Å². The first-order valence-corrected chi connectivity index (χ1v) is 10.5. The van der Waals surface area contributed by atoms with E-state index in [1.165, 1.54) is 0 Å². The molecule has 1 atom stereocenters. The third kappa shape index (κ3) is 4.76. The number of pyridine rings is 1. The zero-order valence-corrected chi connectivity index (χ0v) is 17.5. The summed E-state index contributed by atoms with van der Waals surface area (Å²) in [6.07, 6.45) is 3.52. The maximum atomic E-state index is 12.2. The Morgan fingerprint density at radius 3 is 2.87 bits per heavy atom. The van der Waals surface area contributed by atoms with Gasteiger partial charge in [-0.25, -0.2) is 0 Å². The van der Waals surface area contributed by atoms with Crippen molar-refractivity contribution in [1.82, 2.24) is 30.0 Å². The summed E-state index contributed by atoms with van der Waals surface area (Å²) in [7, 11) is 0. The highest BCUT2D eigenvalue weighted by atomic mass is 16.3. The molecule has 0 radical (unpaired) electrons. The number of amides is 1. The number of carbonyl (C=O) groups excluding carboxylic acids is 1. The number of hydrogen-bond donors (Lipinski definition) is 1. The number of nitrogens with one attached hydrogen (secondary N) is 1. The van der Waals surface area contributed by atoms with Crippen molar-refractivity contribution in [2.75, 3.05) is 19.6 Å². The molecular formula is C22H28N6O2. The van der Waals surface area contributed by atoms with Gasteiger partial charge in [0, 0.05) is 38.2 Å². The molecule has 158 valence electrons. The average Bonchev–Trinajstić information content (AvgIpc) is 3.32. The predicted molar refractivity (Wildman–Crippen MR) is 112 cm³/mol. The maximum absolute atomic E-state index is 12.2. The summed E-state index contributed by atoms with van der Waals surface area (Å²) in [5, 5.41) is 11.5. The molecule has 1 aliphatic rings. The largest absolute Gasteiger partial charge is 0.466 e. The highest BCUT2D eigenvalue weighted by molar-refractivity contribution is 5.92. The Labute approximate surface area is 176 Å². The summed E-state index contributed by atoms with van der Waals surface area (Å²) in [6, 6.07) is 9.39. The molecule has 0 spiro atoms. The van der Waals surface area contributed by atoms with Crippen LogP contribution in [0.25, 0.3) is 0 Å². The SMILES string of the molecule is Cc1ccc(C(C)CCN2CCc3nnc(CNC(=O)c4ccccn4)n3CC2)o1. The zero-order valence-electron chi connectivity index (χ0n) is 17.5. The van der Waals surface area contributed by atoms with Crippen molar-refractivity contribution in [1.29, 1.82) is 0 Å². The van der Waals surface area contributed by atoms with Crippen LogP contribution in [0.2, 0.25) is 0 Å². The molecule has 30 heavy (non-hydrogen) atoms. The van der Waals surface area contributed by atoms with E-state index in [0.29, 0.717) is 18.2 Å². The van der Waals surface area contributed by atoms with Gasteiger partial charge in [0.2, 0.25) is 0 Å². The summed E-state index contributed by atoms with van der Waals surface area (Å²) in [5.41, 5.74) is 0.403. The molecule has 0 saturated carbocycles. The van der Waals surface area contributed by atoms with Crippen LogP contribution >= 0.6 is 0 Å². The van der Waals surface area contributed by atoms with E-state index in [-0.39, 0.29) is 5.91 Å². The van der Waals surface area contributed by atoms with Crippen LogP contribution in [0.3, 0.4) is 0 Å². The van der Waals surface area contributed by atoms with E-state index in [4.69, 9.17) is 4.42 Å². The lowest BCUT2D eigenvalue weighted by Gasteiger charge is -2.21. The molecule has 0 saturated heterocycles. The molecule has 8 heteroatoms. The number of carbonyl (C=O) groups is 1. The van der Waals surface area contributed by atoms with Crippen LogP contribution in [-0.2, 0) is 19.5 Å². The van der Waals surface area contributed by atoms with Crippen molar-refractivity contribution in [2.24, 2.45) is 0 Å². The molecule has 8 nitrogen and oxygen atoms in total. The topological polar surface area (TPSA) is 89.1 Å². The number of fused-ring (bicyclic) bond motifs is 1. The Balaban J connectivity index is 1.30. The Bertz CT molecular complexity index is 981. The van der Waals surface area contributed by atoms with E-state index < -0.39 is 0 Å². The average molecular weight is 409 g/mol. The van der Waals surface area contributed by atoms with Gasteiger partial charge in [0.15, 0.2) is 5.82 Å². The Hall–Kier alpha value is -3.00. The molecular weight excluding hydrogens is 380 g/mol. The van der Waals surface area contributed by atoms with Gasteiger partial charge in [-0.15, -0.1) is 10.2 Å². The van der Waals surface area contributed by atoms with Crippen LogP contribution in [0, 0.1) is 6.92 Å². The fraction of sp³-hybridized carbons (Fsp3) is 0.455. The van der Waals surface area contributed by atoms with Crippen molar-refractivity contribution in [2.45, 2.75) is 45.7 Å². The smallest absolute Gasteiger partial charge is 0.270 e. The molecule has 1 unspecified atom stereocenters. The van der Waals surface area contributed by atoms with Gasteiger partial charge in [-0.2, -0.15) is 0 Å². The highest BCUT2D eigenvalue weighted by Crippen LogP contribution is 2.22. The number of furan rings is 1. The van der Waals surface area contributed by atoms with Crippen LogP contribution in [-0.4, -0.2) is 50.2 Å². The van der Waals surface area contributed by atoms with Gasteiger partial charge >= 0.3 is 0 Å². The van der Waals surface area contributed by atoms with Gasteiger partial charge in [-0.05, 0) is 44.2 Å². The van der Waals surface area contributed by atoms with Gasteiger partial charge < -0.3 is 19.2 Å². The fourth-order valence-electron chi connectivity index (χ4n) is 3.76. The number of hydrogen-bond acceptors (Lipinski definition) is 6. The van der Waals surface area contributed by atoms with Gasteiger partial charge in [-0.3, -0.25) is 9.78 Å². The molecule has 1 N–H and O–H groups in total. The molecule has 1 aliphatic heterocycles. The third-order valence-corrected chi connectivity index (χ3v) is 5.63. The summed E-state index contributed by atoms with van der Waals surface area (Å²) < 4.78 is 7.90. The number of aromatic nitrogens is 4. The van der Waals surface area contributed by atoms with E-state index >= 15 is 0 Å². The molecule has 0 aromatic carbocycles. The van der Waals surface area contributed by atoms with E-state index in [2.05, 4.69) is 43.0 Å². The minimum Gasteiger partial charge on any atom is -0.466 e. The maximum Gasteiger partial charge on any atom is 0.270 e. The Kier molecular flexibility index (Phi) is 6.23. The van der Waals surface area contributed by atoms with E-state index in [0.717, 1.165) is 62.2 Å². The second-order valence-electron chi connectivity index (χ2n) is 7.81. The van der Waals surface area contributed by atoms with Crippen molar-refractivity contribution in [3.63, 3.8) is 0 Å². The standard InChI is InChI=1S/C22H28N6O2/c1-16(19-7-6-17(2)30-19)8-11-27-12-9-20-25-26-21(28(20)14-13-27)15-24-22(29)18-5-3-4-10-23-18/h3-7,10,16H,8-9,11-15H2,1-2H3,(H,24,29). The van der Waals surface area contributed by atoms with E-state index in [1.54, 1.807) is 24.4 Å². The Morgan fingerprint density at radius 1 is 1.20 bits per heavy atom. The molecule has 0 fully saturated rings. The number of nitrogens with zero attached hydrogens (tertiary/aromatic N) is 5. The third-order valence-electron chi connectivity index (χ3n) is 5.63. The Morgan fingerprint density at radius 2 is 2.10 bits per heavy atom. The summed E-state index contributed by atoms with van der Waals surface area (Å²) in [4.78, 5) is 18.8. The fourth-order valence-corrected chi connectivity index (χ4v) is 3.76. The summed E-state index contributed by atoms with van der Waals surface area (Å²) in [5.74, 6) is 3.99. The minimum absolute atomic E-state index is 0.203. The number of aryl methyl sites for hydroxylation is 1. The lowest BCUT2D eigenvalue weighted by molar-refractivity contribution is 0.0944. The zero-order chi connectivity index (χ0) is 20.9. The number of rotatable bonds is 7. The molecule has 0 aliphatic carbocycles. The minimum atomic E-state index is -0.203. The molecule has 1 amide bonds. The monoisotopic (exact) mass is 408 g/mol. The van der Waals surface area contributed by atoms with Crippen molar-refractivity contribution in [3.05, 3.63) is 65.4 Å². The normalized spacial score (nSPS) is 15.4. The lowest BCUT2D eigenvalue weighted by Crippen LogP contribution is -2.29. The molecule has 3 aromatic rings. The van der Waals surface area contributed by atoms with Crippen molar-refractivity contribution >= 4 is 5.91 Å². The van der Waals surface area contributed by atoms with Crippen molar-refractivity contribution in [3.8, 4) is 0 Å². The summed E-state index contributed by atoms with van der Waals surface area (Å²) >= 11 is 0. The van der Waals surface area contributed by atoms with Crippen LogP contribution in [0.15, 0.2) is 40.9 Å². The first-order valence-electron chi connectivity index (χ1n) is 10.5. The van der Waals surface area contributed by atoms with Gasteiger partial charge in [0.05, 0.1) is 6.54 Å². The predicted octanol–water partition coefficient (Wildman–Crippen LogP) is 2.56. The second-order valence-corrected chi connectivity index (χ2v) is 7.81. The lowest BCUT2D eigenvalue weighted by atomic mass is 10.0. The first-order chi connectivity index (χ1) is 14.6. The van der Waals surface area contributed by atoms with Crippen LogP contribution in [0.5, 0.6) is 0 Å². The van der Waals surface area contributed by atoms with Crippen molar-refractivity contribution < 1.29 is 9.21 Å². The molecule has 0 bridgehead atoms. The van der Waals surface area contributed by atoms with Gasteiger partial charge in [0.1, 0.15) is 23.0 Å². The van der Waals surface area contributed by atoms with Gasteiger partial charge in [0.25, 0.3) is 5.91 Å².